The maximum atomic E-state index is 12.2. The lowest BCUT2D eigenvalue weighted by Crippen LogP contribution is -2.19. The number of benzene rings is 2. The molecule has 0 radical (unpaired) electrons. The molecule has 144 valence electrons. The molecule has 0 spiro atoms. The van der Waals surface area contributed by atoms with E-state index in [4.69, 9.17) is 21.4 Å². The molecule has 2 aromatic carbocycles. The zero-order valence-corrected chi connectivity index (χ0v) is 16.7. The highest BCUT2D eigenvalue weighted by molar-refractivity contribution is 8.18. The van der Waals surface area contributed by atoms with Crippen LogP contribution in [0.5, 0.6) is 5.75 Å². The lowest BCUT2D eigenvalue weighted by atomic mass is 10.1. The van der Waals surface area contributed by atoms with Crippen LogP contribution >= 0.6 is 23.4 Å². The first-order valence-electron chi connectivity index (χ1n) is 8.33. The summed E-state index contributed by atoms with van der Waals surface area (Å²) in [5.41, 5.74) is 3.78. The molecule has 6 nitrogen and oxygen atoms in total. The third-order valence-corrected chi connectivity index (χ3v) is 5.18. The van der Waals surface area contributed by atoms with Gasteiger partial charge in [0, 0.05) is 0 Å². The Labute approximate surface area is 171 Å². The SMILES string of the molecule is Cc1ccc(N=C2NC(=O)/C(=C/c3ccc(OCC(=O)O)c(Cl)c3)S2)cc1C. The van der Waals surface area contributed by atoms with Crippen molar-refractivity contribution < 1.29 is 19.4 Å². The zero-order valence-electron chi connectivity index (χ0n) is 15.2. The molecule has 28 heavy (non-hydrogen) atoms. The normalized spacial score (nSPS) is 16.5. The van der Waals surface area contributed by atoms with Crippen LogP contribution in [0.3, 0.4) is 0 Å². The number of aliphatic imine (C=N–C) groups is 1. The number of carbonyl (C=O) groups is 2. The second kappa shape index (κ2) is 8.50. The number of rotatable bonds is 5. The van der Waals surface area contributed by atoms with Gasteiger partial charge < -0.3 is 15.2 Å². The third kappa shape index (κ3) is 4.94. The molecule has 0 atom stereocenters. The standard InChI is InChI=1S/C20H17ClN2O4S/c1-11-3-5-14(7-12(11)2)22-20-23-19(26)17(28-20)9-13-4-6-16(15(21)8-13)27-10-18(24)25/h3-9H,10H2,1-2H3,(H,24,25)(H,22,23,26)/b17-9-. The number of carbonyl (C=O) groups excluding carboxylic acids is 1. The number of carboxylic acids is 1. The van der Waals surface area contributed by atoms with Gasteiger partial charge in [-0.25, -0.2) is 9.79 Å². The predicted octanol–water partition coefficient (Wildman–Crippen LogP) is 4.31. The number of aryl methyl sites for hydroxylation is 2. The second-order valence-electron chi connectivity index (χ2n) is 6.12. The number of hydrogen-bond acceptors (Lipinski definition) is 5. The topological polar surface area (TPSA) is 88.0 Å². The van der Waals surface area contributed by atoms with Crippen LogP contribution < -0.4 is 10.1 Å². The van der Waals surface area contributed by atoms with Gasteiger partial charge >= 0.3 is 5.97 Å². The maximum absolute atomic E-state index is 12.2. The number of amidine groups is 1. The number of carboxylic acid groups (broad SMARTS) is 1. The summed E-state index contributed by atoms with van der Waals surface area (Å²) in [7, 11) is 0. The van der Waals surface area contributed by atoms with Gasteiger partial charge in [0.2, 0.25) is 0 Å². The van der Waals surface area contributed by atoms with E-state index in [1.807, 2.05) is 32.0 Å². The summed E-state index contributed by atoms with van der Waals surface area (Å²) in [6.07, 6.45) is 1.69. The summed E-state index contributed by atoms with van der Waals surface area (Å²) < 4.78 is 5.09. The van der Waals surface area contributed by atoms with Crippen molar-refractivity contribution in [2.75, 3.05) is 6.61 Å². The highest BCUT2D eigenvalue weighted by atomic mass is 35.5. The molecule has 0 bridgehead atoms. The minimum atomic E-state index is -1.09. The van der Waals surface area contributed by atoms with Gasteiger partial charge in [0.05, 0.1) is 15.6 Å². The van der Waals surface area contributed by atoms with E-state index in [1.165, 1.54) is 17.3 Å². The van der Waals surface area contributed by atoms with Gasteiger partial charge in [-0.3, -0.25) is 4.79 Å². The van der Waals surface area contributed by atoms with Crippen molar-refractivity contribution in [3.8, 4) is 5.75 Å². The average Bonchev–Trinajstić information content (AvgIpc) is 2.96. The lowest BCUT2D eigenvalue weighted by Gasteiger charge is -2.06. The molecule has 1 aliphatic rings. The predicted molar refractivity (Wildman–Crippen MR) is 111 cm³/mol. The van der Waals surface area contributed by atoms with E-state index in [9.17, 15) is 9.59 Å². The quantitative estimate of drug-likeness (QED) is 0.709. The Hall–Kier alpha value is -2.77. The van der Waals surface area contributed by atoms with Crippen LogP contribution in [0.25, 0.3) is 6.08 Å². The van der Waals surface area contributed by atoms with Crippen LogP contribution in [-0.2, 0) is 9.59 Å². The number of hydrogen-bond donors (Lipinski definition) is 2. The molecule has 0 aromatic heterocycles. The maximum Gasteiger partial charge on any atom is 0.341 e. The summed E-state index contributed by atoms with van der Waals surface area (Å²) in [5, 5.41) is 12.2. The number of nitrogens with zero attached hydrogens (tertiary/aromatic N) is 1. The van der Waals surface area contributed by atoms with Gasteiger partial charge in [0.25, 0.3) is 5.91 Å². The van der Waals surface area contributed by atoms with Crippen molar-refractivity contribution in [2.45, 2.75) is 13.8 Å². The van der Waals surface area contributed by atoms with E-state index in [-0.39, 0.29) is 16.7 Å². The van der Waals surface area contributed by atoms with Gasteiger partial charge in [-0.05, 0) is 72.6 Å². The molecular weight excluding hydrogens is 400 g/mol. The van der Waals surface area contributed by atoms with Crippen molar-refractivity contribution >= 4 is 52.2 Å². The van der Waals surface area contributed by atoms with E-state index in [0.717, 1.165) is 11.3 Å². The first kappa shape index (κ1) is 20.0. The number of aliphatic carboxylic acids is 1. The molecule has 2 aromatic rings. The monoisotopic (exact) mass is 416 g/mol. The molecule has 0 saturated carbocycles. The summed E-state index contributed by atoms with van der Waals surface area (Å²) in [4.78, 5) is 27.8. The largest absolute Gasteiger partial charge is 0.480 e. The zero-order chi connectivity index (χ0) is 20.3. The molecular formula is C20H17ClN2O4S. The van der Waals surface area contributed by atoms with Crippen molar-refractivity contribution in [3.63, 3.8) is 0 Å². The molecule has 8 heteroatoms. The molecule has 0 unspecified atom stereocenters. The van der Waals surface area contributed by atoms with E-state index < -0.39 is 12.6 Å². The summed E-state index contributed by atoms with van der Waals surface area (Å²) in [6, 6.07) is 10.7. The number of ether oxygens (including phenoxy) is 1. The number of halogens is 1. The van der Waals surface area contributed by atoms with Gasteiger partial charge in [0.15, 0.2) is 11.8 Å². The van der Waals surface area contributed by atoms with Gasteiger partial charge in [-0.15, -0.1) is 0 Å². The molecule has 1 amide bonds. The number of nitrogens with one attached hydrogen (secondary N) is 1. The third-order valence-electron chi connectivity index (χ3n) is 3.98. The Morgan fingerprint density at radius 1 is 1.25 bits per heavy atom. The Kier molecular flexibility index (Phi) is 6.06. The summed E-state index contributed by atoms with van der Waals surface area (Å²) in [5.74, 6) is -1.06. The van der Waals surface area contributed by atoms with Crippen LogP contribution in [0.4, 0.5) is 5.69 Å². The minimum absolute atomic E-state index is 0.241. The minimum Gasteiger partial charge on any atom is -0.480 e. The van der Waals surface area contributed by atoms with Crippen LogP contribution in [0.2, 0.25) is 5.02 Å². The van der Waals surface area contributed by atoms with E-state index in [0.29, 0.717) is 15.6 Å². The van der Waals surface area contributed by atoms with Crippen LogP contribution in [0.1, 0.15) is 16.7 Å². The van der Waals surface area contributed by atoms with Crippen molar-refractivity contribution in [3.05, 3.63) is 63.0 Å². The number of thioether (sulfide) groups is 1. The van der Waals surface area contributed by atoms with Crippen LogP contribution in [0, 0.1) is 13.8 Å². The average molecular weight is 417 g/mol. The van der Waals surface area contributed by atoms with Gasteiger partial charge in [-0.1, -0.05) is 23.7 Å². The fourth-order valence-electron chi connectivity index (χ4n) is 2.41. The fraction of sp³-hybridized carbons (Fsp3) is 0.150. The van der Waals surface area contributed by atoms with Crippen molar-refractivity contribution in [1.82, 2.24) is 5.32 Å². The Morgan fingerprint density at radius 3 is 2.71 bits per heavy atom. The molecule has 1 aliphatic heterocycles. The molecule has 1 saturated heterocycles. The molecule has 1 heterocycles. The Morgan fingerprint density at radius 2 is 2.04 bits per heavy atom. The number of amides is 1. The first-order chi connectivity index (χ1) is 13.3. The highest BCUT2D eigenvalue weighted by Crippen LogP contribution is 2.31. The smallest absolute Gasteiger partial charge is 0.341 e. The highest BCUT2D eigenvalue weighted by Gasteiger charge is 2.24. The Bertz CT molecular complexity index is 1020. The van der Waals surface area contributed by atoms with E-state index >= 15 is 0 Å². The van der Waals surface area contributed by atoms with Crippen molar-refractivity contribution in [2.24, 2.45) is 4.99 Å². The fourth-order valence-corrected chi connectivity index (χ4v) is 3.49. The lowest BCUT2D eigenvalue weighted by molar-refractivity contribution is -0.139. The van der Waals surface area contributed by atoms with Crippen LogP contribution in [-0.4, -0.2) is 28.8 Å². The summed E-state index contributed by atoms with van der Waals surface area (Å²) >= 11 is 7.36. The first-order valence-corrected chi connectivity index (χ1v) is 9.52. The second-order valence-corrected chi connectivity index (χ2v) is 7.56. The molecule has 3 rings (SSSR count). The van der Waals surface area contributed by atoms with Crippen LogP contribution in [0.15, 0.2) is 46.3 Å². The van der Waals surface area contributed by atoms with E-state index in [2.05, 4.69) is 10.3 Å². The molecule has 1 fully saturated rings. The summed E-state index contributed by atoms with van der Waals surface area (Å²) in [6.45, 7) is 3.57. The molecule has 0 aliphatic carbocycles. The van der Waals surface area contributed by atoms with Crippen molar-refractivity contribution in [1.29, 1.82) is 0 Å². The van der Waals surface area contributed by atoms with Gasteiger partial charge in [0.1, 0.15) is 5.75 Å². The molecule has 2 N–H and O–H groups in total. The Balaban J connectivity index is 1.76. The van der Waals surface area contributed by atoms with E-state index in [1.54, 1.807) is 24.3 Å². The van der Waals surface area contributed by atoms with Gasteiger partial charge in [-0.2, -0.15) is 0 Å².